The number of nitrogens with zero attached hydrogens (tertiary/aromatic N) is 2. The van der Waals surface area contributed by atoms with Crippen molar-refractivity contribution in [2.45, 2.75) is 20.5 Å². The zero-order valence-corrected chi connectivity index (χ0v) is 9.41. The monoisotopic (exact) mass is 211 g/mol. The highest BCUT2D eigenvalue weighted by Gasteiger charge is 2.04. The van der Waals surface area contributed by atoms with Crippen molar-refractivity contribution in [2.24, 2.45) is 0 Å². The maximum Gasteiger partial charge on any atom is 0.218 e. The molecular weight excluding hydrogens is 194 g/mol. The number of rotatable bonds is 6. The molecule has 0 fully saturated rings. The van der Waals surface area contributed by atoms with Crippen LogP contribution in [0.5, 0.6) is 5.88 Å². The van der Waals surface area contributed by atoms with Crippen molar-refractivity contribution in [3.05, 3.63) is 11.9 Å². The van der Waals surface area contributed by atoms with Gasteiger partial charge in [-0.05, 0) is 13.8 Å². The van der Waals surface area contributed by atoms with Crippen LogP contribution in [0.15, 0.2) is 6.07 Å². The first kappa shape index (κ1) is 11.7. The van der Waals surface area contributed by atoms with Crippen LogP contribution in [0.3, 0.4) is 0 Å². The van der Waals surface area contributed by atoms with E-state index in [1.165, 1.54) is 0 Å². The van der Waals surface area contributed by atoms with E-state index in [-0.39, 0.29) is 0 Å². The Labute approximate surface area is 89.8 Å². The first-order chi connectivity index (χ1) is 7.30. The van der Waals surface area contributed by atoms with Crippen LogP contribution in [-0.4, -0.2) is 30.2 Å². The molecule has 0 bridgehead atoms. The molecule has 1 N–H and O–H groups in total. The van der Waals surface area contributed by atoms with E-state index in [0.29, 0.717) is 31.5 Å². The van der Waals surface area contributed by atoms with Crippen molar-refractivity contribution in [3.8, 4) is 5.88 Å². The Morgan fingerprint density at radius 3 is 2.67 bits per heavy atom. The Bertz CT molecular complexity index is 305. The van der Waals surface area contributed by atoms with Crippen LogP contribution in [0.25, 0.3) is 0 Å². The van der Waals surface area contributed by atoms with E-state index in [4.69, 9.17) is 9.47 Å². The van der Waals surface area contributed by atoms with Crippen LogP contribution >= 0.6 is 0 Å². The average Bonchev–Trinajstić information content (AvgIpc) is 2.26. The lowest BCUT2D eigenvalue weighted by Crippen LogP contribution is -2.05. The fraction of sp³-hybridized carbons (Fsp3) is 0.600. The number of hydrogen-bond donors (Lipinski definition) is 1. The molecule has 1 rings (SSSR count). The van der Waals surface area contributed by atoms with Crippen LogP contribution in [-0.2, 0) is 11.3 Å². The summed E-state index contributed by atoms with van der Waals surface area (Å²) >= 11 is 0. The molecule has 1 aromatic heterocycles. The first-order valence-corrected chi connectivity index (χ1v) is 5.06. The highest BCUT2D eigenvalue weighted by atomic mass is 16.5. The number of aromatic nitrogens is 2. The molecule has 0 radical (unpaired) electrons. The summed E-state index contributed by atoms with van der Waals surface area (Å²) in [6, 6.07) is 1.76. The Kier molecular flexibility index (Phi) is 4.83. The third-order valence-electron chi connectivity index (χ3n) is 1.73. The van der Waals surface area contributed by atoms with E-state index in [1.807, 2.05) is 20.9 Å². The van der Waals surface area contributed by atoms with E-state index in [0.717, 1.165) is 5.82 Å². The van der Waals surface area contributed by atoms with Gasteiger partial charge in [0.15, 0.2) is 5.82 Å². The molecule has 0 atom stereocenters. The summed E-state index contributed by atoms with van der Waals surface area (Å²) in [5.41, 5.74) is 0. The lowest BCUT2D eigenvalue weighted by atomic mass is 10.5. The molecule has 1 heterocycles. The second-order valence-electron chi connectivity index (χ2n) is 2.83. The lowest BCUT2D eigenvalue weighted by Gasteiger charge is -2.07. The summed E-state index contributed by atoms with van der Waals surface area (Å²) in [5, 5.41) is 2.96. The van der Waals surface area contributed by atoms with Gasteiger partial charge in [-0.15, -0.1) is 0 Å². The lowest BCUT2D eigenvalue weighted by molar-refractivity contribution is 0.127. The number of ether oxygens (including phenoxy) is 2. The SMILES string of the molecule is CCOCc1nc(NC)cc(OCC)n1. The molecule has 5 heteroatoms. The normalized spacial score (nSPS) is 10.1. The van der Waals surface area contributed by atoms with Gasteiger partial charge in [0.2, 0.25) is 5.88 Å². The largest absolute Gasteiger partial charge is 0.478 e. The Hall–Kier alpha value is -1.36. The standard InChI is InChI=1S/C10H17N3O2/c1-4-14-7-9-12-8(11-3)6-10(13-9)15-5-2/h6H,4-5,7H2,1-3H3,(H,11,12,13). The maximum atomic E-state index is 5.32. The topological polar surface area (TPSA) is 56.3 Å². The fourth-order valence-corrected chi connectivity index (χ4v) is 1.08. The van der Waals surface area contributed by atoms with E-state index < -0.39 is 0 Å². The van der Waals surface area contributed by atoms with Crippen molar-refractivity contribution in [1.29, 1.82) is 0 Å². The minimum atomic E-state index is 0.409. The summed E-state index contributed by atoms with van der Waals surface area (Å²) in [7, 11) is 1.81. The first-order valence-electron chi connectivity index (χ1n) is 5.06. The summed E-state index contributed by atoms with van der Waals surface area (Å²) in [4.78, 5) is 8.45. The Morgan fingerprint density at radius 2 is 2.07 bits per heavy atom. The predicted molar refractivity (Wildman–Crippen MR) is 58.1 cm³/mol. The van der Waals surface area contributed by atoms with Gasteiger partial charge in [0.1, 0.15) is 12.4 Å². The molecule has 0 aliphatic rings. The summed E-state index contributed by atoms with van der Waals surface area (Å²) in [6.07, 6.45) is 0. The van der Waals surface area contributed by atoms with Gasteiger partial charge in [-0.3, -0.25) is 0 Å². The molecule has 5 nitrogen and oxygen atoms in total. The second-order valence-corrected chi connectivity index (χ2v) is 2.83. The van der Waals surface area contributed by atoms with Gasteiger partial charge in [-0.25, -0.2) is 4.98 Å². The molecule has 0 saturated carbocycles. The number of hydrogen-bond acceptors (Lipinski definition) is 5. The van der Waals surface area contributed by atoms with E-state index in [9.17, 15) is 0 Å². The molecule has 84 valence electrons. The number of anilines is 1. The maximum absolute atomic E-state index is 5.32. The minimum Gasteiger partial charge on any atom is -0.478 e. The van der Waals surface area contributed by atoms with Crippen LogP contribution in [0.1, 0.15) is 19.7 Å². The highest BCUT2D eigenvalue weighted by Crippen LogP contribution is 2.13. The van der Waals surface area contributed by atoms with Crippen molar-refractivity contribution in [1.82, 2.24) is 9.97 Å². The molecule has 0 aromatic carbocycles. The zero-order chi connectivity index (χ0) is 11.1. The van der Waals surface area contributed by atoms with Crippen LogP contribution in [0.4, 0.5) is 5.82 Å². The summed E-state index contributed by atoms with van der Waals surface area (Å²) in [6.45, 7) is 5.51. The third-order valence-corrected chi connectivity index (χ3v) is 1.73. The van der Waals surface area contributed by atoms with Crippen LogP contribution in [0.2, 0.25) is 0 Å². The quantitative estimate of drug-likeness (QED) is 0.771. The van der Waals surface area contributed by atoms with Gasteiger partial charge in [0, 0.05) is 19.7 Å². The molecule has 0 spiro atoms. The highest BCUT2D eigenvalue weighted by molar-refractivity contribution is 5.37. The summed E-state index contributed by atoms with van der Waals surface area (Å²) < 4.78 is 10.6. The molecular formula is C10H17N3O2. The number of nitrogens with one attached hydrogen (secondary N) is 1. The predicted octanol–water partition coefficient (Wildman–Crippen LogP) is 1.45. The third kappa shape index (κ3) is 3.71. The van der Waals surface area contributed by atoms with Crippen LogP contribution in [0, 0.1) is 0 Å². The van der Waals surface area contributed by atoms with Crippen molar-refractivity contribution >= 4 is 5.82 Å². The van der Waals surface area contributed by atoms with Gasteiger partial charge in [-0.1, -0.05) is 0 Å². The molecule has 0 saturated heterocycles. The van der Waals surface area contributed by atoms with Gasteiger partial charge >= 0.3 is 0 Å². The van der Waals surface area contributed by atoms with E-state index in [1.54, 1.807) is 6.07 Å². The van der Waals surface area contributed by atoms with E-state index >= 15 is 0 Å². The van der Waals surface area contributed by atoms with E-state index in [2.05, 4.69) is 15.3 Å². The molecule has 0 amide bonds. The Morgan fingerprint density at radius 1 is 1.27 bits per heavy atom. The minimum absolute atomic E-state index is 0.409. The van der Waals surface area contributed by atoms with Crippen molar-refractivity contribution in [3.63, 3.8) is 0 Å². The van der Waals surface area contributed by atoms with Gasteiger partial charge < -0.3 is 14.8 Å². The average molecular weight is 211 g/mol. The van der Waals surface area contributed by atoms with Gasteiger partial charge in [-0.2, -0.15) is 4.98 Å². The molecule has 15 heavy (non-hydrogen) atoms. The molecule has 1 aromatic rings. The molecule has 0 aliphatic heterocycles. The summed E-state index contributed by atoms with van der Waals surface area (Å²) in [5.74, 6) is 1.95. The van der Waals surface area contributed by atoms with Gasteiger partial charge in [0.05, 0.1) is 6.61 Å². The smallest absolute Gasteiger partial charge is 0.218 e. The second kappa shape index (κ2) is 6.19. The Balaban J connectivity index is 2.79. The zero-order valence-electron chi connectivity index (χ0n) is 9.41. The molecule has 0 unspecified atom stereocenters. The van der Waals surface area contributed by atoms with Crippen LogP contribution < -0.4 is 10.1 Å². The van der Waals surface area contributed by atoms with Gasteiger partial charge in [0.25, 0.3) is 0 Å². The van der Waals surface area contributed by atoms with Crippen molar-refractivity contribution < 1.29 is 9.47 Å². The van der Waals surface area contributed by atoms with Crippen molar-refractivity contribution in [2.75, 3.05) is 25.6 Å². The fourth-order valence-electron chi connectivity index (χ4n) is 1.08. The molecule has 0 aliphatic carbocycles.